The smallest absolute Gasteiger partial charge is 0.246 e. The first-order chi connectivity index (χ1) is 18.4. The Labute approximate surface area is 245 Å². The molecular weight excluding hydrogens is 633 g/mol. The van der Waals surface area contributed by atoms with Gasteiger partial charge in [-0.15, -0.1) is 11.3 Å². The lowest BCUT2D eigenvalue weighted by Gasteiger charge is -2.35. The Bertz CT molecular complexity index is 1310. The number of aliphatic hydroxyl groups is 1. The van der Waals surface area contributed by atoms with Gasteiger partial charge in [-0.05, 0) is 36.8 Å². The number of amides is 3. The Hall–Kier alpha value is -2.76. The second kappa shape index (κ2) is 11.4. The molecule has 1 saturated carbocycles. The number of β-amino-alcohol motifs (C(OH)–C–C–N with tert-alkyl or cyclic N) is 1. The molecule has 12 heteroatoms. The van der Waals surface area contributed by atoms with E-state index in [2.05, 4.69) is 21.7 Å². The lowest BCUT2D eigenvalue weighted by molar-refractivity contribution is -0.144. The van der Waals surface area contributed by atoms with Gasteiger partial charge in [-0.2, -0.15) is 5.26 Å². The first-order valence-corrected chi connectivity index (χ1v) is 14.5. The summed E-state index contributed by atoms with van der Waals surface area (Å²) in [7, 11) is 0. The number of nitriles is 1. The van der Waals surface area contributed by atoms with E-state index in [-0.39, 0.29) is 19.5 Å². The molecule has 3 amide bonds. The minimum absolute atomic E-state index is 0.0201. The van der Waals surface area contributed by atoms with Crippen molar-refractivity contribution >= 4 is 52.1 Å². The lowest BCUT2D eigenvalue weighted by Crippen LogP contribution is -2.58. The summed E-state index contributed by atoms with van der Waals surface area (Å²) in [5.41, 5.74) is 2.67. The monoisotopic (exact) mass is 665 g/mol. The van der Waals surface area contributed by atoms with Crippen molar-refractivity contribution < 1.29 is 22.6 Å². The first kappa shape index (κ1) is 29.2. The fourth-order valence-corrected chi connectivity index (χ4v) is 5.91. The Kier molecular flexibility index (Phi) is 8.53. The number of likely N-dealkylation sites (tertiary alicyclic amines) is 1. The normalized spacial score (nSPS) is 20.6. The Morgan fingerprint density at radius 3 is 2.64 bits per heavy atom. The highest BCUT2D eigenvalue weighted by atomic mass is 127. The average Bonchev–Trinajstić information content (AvgIpc) is 3.44. The highest BCUT2D eigenvalue weighted by Crippen LogP contribution is 2.45. The van der Waals surface area contributed by atoms with E-state index in [0.29, 0.717) is 18.6 Å². The van der Waals surface area contributed by atoms with Gasteiger partial charge in [0.25, 0.3) is 0 Å². The van der Waals surface area contributed by atoms with Crippen molar-refractivity contribution in [1.29, 1.82) is 5.26 Å². The summed E-state index contributed by atoms with van der Waals surface area (Å²) in [5, 5.41) is 25.4. The molecule has 1 aromatic heterocycles. The highest BCUT2D eigenvalue weighted by Gasteiger charge is 2.53. The molecule has 0 radical (unpaired) electrons. The van der Waals surface area contributed by atoms with Crippen molar-refractivity contribution in [1.82, 2.24) is 20.5 Å². The number of carbonyl (C=O) groups excluding carboxylic acids is 3. The molecule has 1 aliphatic carbocycles. The quantitative estimate of drug-likeness (QED) is 0.368. The van der Waals surface area contributed by atoms with Crippen LogP contribution in [0.5, 0.6) is 5.75 Å². The fourth-order valence-electron chi connectivity index (χ4n) is 4.70. The van der Waals surface area contributed by atoms with Crippen molar-refractivity contribution in [2.45, 2.75) is 71.7 Å². The summed E-state index contributed by atoms with van der Waals surface area (Å²) in [4.78, 5) is 46.5. The molecular formula is C27H32IN5O5S. The van der Waals surface area contributed by atoms with E-state index in [9.17, 15) is 24.8 Å². The van der Waals surface area contributed by atoms with Crippen LogP contribution in [0.25, 0.3) is 10.4 Å². The van der Waals surface area contributed by atoms with E-state index in [1.54, 1.807) is 28.5 Å². The molecule has 2 fully saturated rings. The van der Waals surface area contributed by atoms with Crippen molar-refractivity contribution in [2.75, 3.05) is 6.54 Å². The van der Waals surface area contributed by atoms with Crippen molar-refractivity contribution in [3.8, 4) is 22.3 Å². The lowest BCUT2D eigenvalue weighted by atomic mass is 9.85. The van der Waals surface area contributed by atoms with Crippen LogP contribution >= 0.6 is 34.3 Å². The summed E-state index contributed by atoms with van der Waals surface area (Å²) in [6.45, 7) is 7.52. The molecule has 208 valence electrons. The van der Waals surface area contributed by atoms with Crippen LogP contribution in [0.4, 0.5) is 0 Å². The van der Waals surface area contributed by atoms with Gasteiger partial charge in [0.2, 0.25) is 17.7 Å². The SMILES string of the molecule is Cc1ncsc1-c1ccc(CNC(=O)C2C[C@@H](O)CN2C(=O)[C@@H](NC(=O)C2(C#N)CC2)C(C)(C)C)c(OI)c1. The molecule has 1 aromatic carbocycles. The van der Waals surface area contributed by atoms with Crippen LogP contribution in [0, 0.1) is 29.1 Å². The van der Waals surface area contributed by atoms with Crippen molar-refractivity contribution in [3.05, 3.63) is 35.0 Å². The third kappa shape index (κ3) is 6.20. The summed E-state index contributed by atoms with van der Waals surface area (Å²) in [6.07, 6.45) is 0.137. The van der Waals surface area contributed by atoms with E-state index >= 15 is 0 Å². The van der Waals surface area contributed by atoms with Crippen LogP contribution < -0.4 is 13.7 Å². The number of hydrogen-bond donors (Lipinski definition) is 3. The Balaban J connectivity index is 1.47. The average molecular weight is 666 g/mol. The second-order valence-corrected chi connectivity index (χ2v) is 12.5. The largest absolute Gasteiger partial charge is 0.427 e. The predicted molar refractivity (Wildman–Crippen MR) is 154 cm³/mol. The van der Waals surface area contributed by atoms with Crippen LogP contribution in [-0.4, -0.2) is 57.4 Å². The molecule has 0 spiro atoms. The maximum absolute atomic E-state index is 13.7. The van der Waals surface area contributed by atoms with Gasteiger partial charge in [0, 0.05) is 25.1 Å². The molecule has 2 aliphatic rings. The Morgan fingerprint density at radius 2 is 2.08 bits per heavy atom. The van der Waals surface area contributed by atoms with Gasteiger partial charge in [-0.3, -0.25) is 14.4 Å². The highest BCUT2D eigenvalue weighted by molar-refractivity contribution is 14.1. The van der Waals surface area contributed by atoms with Gasteiger partial charge < -0.3 is 23.7 Å². The van der Waals surface area contributed by atoms with Crippen LogP contribution in [0.3, 0.4) is 0 Å². The molecule has 1 aliphatic heterocycles. The van der Waals surface area contributed by atoms with Gasteiger partial charge in [-0.25, -0.2) is 4.98 Å². The van der Waals surface area contributed by atoms with E-state index < -0.39 is 46.7 Å². The van der Waals surface area contributed by atoms with E-state index in [1.165, 1.54) is 16.2 Å². The van der Waals surface area contributed by atoms with Crippen LogP contribution in [0.15, 0.2) is 23.7 Å². The number of halogens is 1. The minimum Gasteiger partial charge on any atom is -0.427 e. The van der Waals surface area contributed by atoms with Gasteiger partial charge in [0.15, 0.2) is 23.0 Å². The third-order valence-corrected chi connectivity index (χ3v) is 8.71. The number of nitrogens with zero attached hydrogens (tertiary/aromatic N) is 3. The number of aryl methyl sites for hydroxylation is 1. The molecule has 2 heterocycles. The number of aromatic nitrogens is 1. The molecule has 1 unspecified atom stereocenters. The maximum Gasteiger partial charge on any atom is 0.246 e. The summed E-state index contributed by atoms with van der Waals surface area (Å²) in [6, 6.07) is 5.91. The maximum atomic E-state index is 13.7. The number of carbonyl (C=O) groups is 3. The molecule has 1 saturated heterocycles. The van der Waals surface area contributed by atoms with E-state index in [4.69, 9.17) is 3.07 Å². The molecule has 3 N–H and O–H groups in total. The number of rotatable bonds is 8. The van der Waals surface area contributed by atoms with E-state index in [0.717, 1.165) is 21.7 Å². The van der Waals surface area contributed by atoms with Crippen molar-refractivity contribution in [2.24, 2.45) is 10.8 Å². The minimum atomic E-state index is -1.09. The molecule has 0 bridgehead atoms. The topological polar surface area (TPSA) is 145 Å². The first-order valence-electron chi connectivity index (χ1n) is 12.7. The second-order valence-electron chi connectivity index (χ2n) is 11.2. The summed E-state index contributed by atoms with van der Waals surface area (Å²) >= 11 is 3.34. The van der Waals surface area contributed by atoms with Gasteiger partial charge in [0.1, 0.15) is 23.2 Å². The van der Waals surface area contributed by atoms with Gasteiger partial charge >= 0.3 is 0 Å². The zero-order chi connectivity index (χ0) is 28.5. The van der Waals surface area contributed by atoms with E-state index in [1.807, 2.05) is 45.9 Å². The van der Waals surface area contributed by atoms with Gasteiger partial charge in [-0.1, -0.05) is 32.9 Å². The zero-order valence-corrected chi connectivity index (χ0v) is 25.3. The zero-order valence-electron chi connectivity index (χ0n) is 22.3. The van der Waals surface area contributed by atoms with Crippen LogP contribution in [-0.2, 0) is 20.9 Å². The molecule has 39 heavy (non-hydrogen) atoms. The molecule has 4 rings (SSSR count). The van der Waals surface area contributed by atoms with Crippen LogP contribution in [0.1, 0.15) is 51.3 Å². The fraction of sp³-hybridized carbons (Fsp3) is 0.519. The molecule has 3 atom stereocenters. The molecule has 2 aromatic rings. The number of hydrogen-bond acceptors (Lipinski definition) is 8. The predicted octanol–water partition coefficient (Wildman–Crippen LogP) is 3.26. The number of nitrogens with one attached hydrogen (secondary N) is 2. The number of thiazole rings is 1. The Morgan fingerprint density at radius 1 is 1.36 bits per heavy atom. The molecule has 10 nitrogen and oxygen atoms in total. The number of benzene rings is 1. The van der Waals surface area contributed by atoms with Crippen LogP contribution in [0.2, 0.25) is 0 Å². The standard InChI is InChI=1S/C27H32IN5O5S/c1-15-21(39-14-31-15)16-5-6-17(20(9-16)38-28)11-30-23(35)19-10-18(34)12-33(19)24(36)22(26(2,3)4)32-25(37)27(13-29)7-8-27/h5-6,9,14,18-19,22,34H,7-8,10-12H2,1-4H3,(H,30,35)(H,32,37)/t18-,19?,22-/m1/s1. The number of aliphatic hydroxyl groups excluding tert-OH is 1. The van der Waals surface area contributed by atoms with Gasteiger partial charge in [0.05, 0.1) is 28.3 Å². The van der Waals surface area contributed by atoms with Crippen molar-refractivity contribution in [3.63, 3.8) is 0 Å². The third-order valence-electron chi connectivity index (χ3n) is 7.26. The summed E-state index contributed by atoms with van der Waals surface area (Å²) < 4.78 is 5.54. The summed E-state index contributed by atoms with van der Waals surface area (Å²) in [5.74, 6) is -0.733.